The van der Waals surface area contributed by atoms with Gasteiger partial charge >= 0.3 is 0 Å². The fourth-order valence-electron chi connectivity index (χ4n) is 3.08. The summed E-state index contributed by atoms with van der Waals surface area (Å²) >= 11 is 0. The molecule has 4 nitrogen and oxygen atoms in total. The summed E-state index contributed by atoms with van der Waals surface area (Å²) in [4.78, 5) is 0.322. The Kier molecular flexibility index (Phi) is 5.39. The van der Waals surface area contributed by atoms with Crippen molar-refractivity contribution in [3.8, 4) is 5.75 Å². The van der Waals surface area contributed by atoms with Gasteiger partial charge in [0.2, 0.25) is 10.0 Å². The molecule has 134 valence electrons. The van der Waals surface area contributed by atoms with Crippen molar-refractivity contribution in [3.63, 3.8) is 0 Å². The standard InChI is InChI=1S/C19H22FNO3S/c1-15-6-4-8-17(12-15)25(22,23)21-11-5-7-16(13-21)14-24-19-10-3-2-9-18(19)20/h2-4,6,8-10,12,16H,5,7,11,13-14H2,1H3. The SMILES string of the molecule is Cc1cccc(S(=O)(=O)N2CCCC(COc3ccccc3F)C2)c1. The lowest BCUT2D eigenvalue weighted by Crippen LogP contribution is -2.41. The van der Waals surface area contributed by atoms with Crippen LogP contribution in [0.4, 0.5) is 4.39 Å². The van der Waals surface area contributed by atoms with Crippen LogP contribution < -0.4 is 4.74 Å². The van der Waals surface area contributed by atoms with Crippen LogP contribution >= 0.6 is 0 Å². The summed E-state index contributed by atoms with van der Waals surface area (Å²) in [5, 5.41) is 0. The molecule has 0 radical (unpaired) electrons. The lowest BCUT2D eigenvalue weighted by Gasteiger charge is -2.31. The number of ether oxygens (including phenoxy) is 1. The maximum Gasteiger partial charge on any atom is 0.243 e. The lowest BCUT2D eigenvalue weighted by atomic mass is 10.0. The Labute approximate surface area is 148 Å². The molecule has 0 bridgehead atoms. The van der Waals surface area contributed by atoms with Crippen molar-refractivity contribution in [1.29, 1.82) is 0 Å². The number of rotatable bonds is 5. The third-order valence-electron chi connectivity index (χ3n) is 4.42. The Morgan fingerprint density at radius 2 is 2.00 bits per heavy atom. The van der Waals surface area contributed by atoms with E-state index in [9.17, 15) is 12.8 Å². The summed E-state index contributed by atoms with van der Waals surface area (Å²) in [5.74, 6) is -0.142. The van der Waals surface area contributed by atoms with E-state index < -0.39 is 15.8 Å². The third-order valence-corrected chi connectivity index (χ3v) is 6.28. The smallest absolute Gasteiger partial charge is 0.243 e. The first-order valence-electron chi connectivity index (χ1n) is 8.41. The summed E-state index contributed by atoms with van der Waals surface area (Å²) in [6.45, 7) is 3.08. The molecule has 0 spiro atoms. The molecule has 0 aromatic heterocycles. The van der Waals surface area contributed by atoms with Crippen molar-refractivity contribution in [2.75, 3.05) is 19.7 Å². The second-order valence-corrected chi connectivity index (χ2v) is 8.37. The molecule has 3 rings (SSSR count). The first-order valence-corrected chi connectivity index (χ1v) is 9.85. The second-order valence-electron chi connectivity index (χ2n) is 6.43. The van der Waals surface area contributed by atoms with Crippen molar-refractivity contribution in [3.05, 3.63) is 59.9 Å². The van der Waals surface area contributed by atoms with Gasteiger partial charge in [0.1, 0.15) is 0 Å². The zero-order valence-corrected chi connectivity index (χ0v) is 15.0. The van der Waals surface area contributed by atoms with Crippen LogP contribution in [-0.2, 0) is 10.0 Å². The van der Waals surface area contributed by atoms with Gasteiger partial charge in [-0.1, -0.05) is 24.3 Å². The van der Waals surface area contributed by atoms with Crippen LogP contribution in [0.15, 0.2) is 53.4 Å². The molecule has 0 saturated carbocycles. The Morgan fingerprint density at radius 3 is 2.76 bits per heavy atom. The van der Waals surface area contributed by atoms with E-state index >= 15 is 0 Å². The molecule has 25 heavy (non-hydrogen) atoms. The third kappa shape index (κ3) is 4.19. The average molecular weight is 363 g/mol. The number of halogens is 1. The molecule has 0 N–H and O–H groups in total. The van der Waals surface area contributed by atoms with Gasteiger partial charge in [-0.15, -0.1) is 0 Å². The quantitative estimate of drug-likeness (QED) is 0.815. The summed E-state index contributed by atoms with van der Waals surface area (Å²) in [6, 6.07) is 13.2. The number of hydrogen-bond donors (Lipinski definition) is 0. The van der Waals surface area contributed by atoms with Gasteiger partial charge in [0.25, 0.3) is 0 Å². The van der Waals surface area contributed by atoms with Gasteiger partial charge in [-0.3, -0.25) is 0 Å². The Bertz CT molecular complexity index is 838. The van der Waals surface area contributed by atoms with E-state index in [2.05, 4.69) is 0 Å². The van der Waals surface area contributed by atoms with E-state index in [1.54, 1.807) is 36.4 Å². The zero-order valence-electron chi connectivity index (χ0n) is 14.2. The van der Waals surface area contributed by atoms with E-state index in [1.807, 2.05) is 13.0 Å². The largest absolute Gasteiger partial charge is 0.490 e. The van der Waals surface area contributed by atoms with Crippen LogP contribution in [0.25, 0.3) is 0 Å². The van der Waals surface area contributed by atoms with Crippen LogP contribution in [0.2, 0.25) is 0 Å². The summed E-state index contributed by atoms with van der Waals surface area (Å²) in [7, 11) is -3.50. The highest BCUT2D eigenvalue weighted by Crippen LogP contribution is 2.25. The predicted molar refractivity (Wildman–Crippen MR) is 94.6 cm³/mol. The maximum atomic E-state index is 13.6. The molecular weight excluding hydrogens is 341 g/mol. The molecule has 1 unspecified atom stereocenters. The molecule has 0 aliphatic carbocycles. The normalized spacial score (nSPS) is 18.9. The van der Waals surface area contributed by atoms with Gasteiger partial charge in [0.15, 0.2) is 11.6 Å². The average Bonchev–Trinajstić information content (AvgIpc) is 2.61. The van der Waals surface area contributed by atoms with Gasteiger partial charge < -0.3 is 4.74 Å². The highest BCUT2D eigenvalue weighted by molar-refractivity contribution is 7.89. The molecule has 1 aliphatic heterocycles. The van der Waals surface area contributed by atoms with Crippen LogP contribution in [0.1, 0.15) is 18.4 Å². The van der Waals surface area contributed by atoms with Crippen LogP contribution in [0, 0.1) is 18.7 Å². The number of hydrogen-bond acceptors (Lipinski definition) is 3. The molecule has 1 fully saturated rings. The fourth-order valence-corrected chi connectivity index (χ4v) is 4.74. The minimum Gasteiger partial charge on any atom is -0.490 e. The number of para-hydroxylation sites is 1. The minimum absolute atomic E-state index is 0.0490. The predicted octanol–water partition coefficient (Wildman–Crippen LogP) is 3.61. The maximum absolute atomic E-state index is 13.6. The fraction of sp³-hybridized carbons (Fsp3) is 0.368. The number of nitrogens with zero attached hydrogens (tertiary/aromatic N) is 1. The van der Waals surface area contributed by atoms with Gasteiger partial charge in [0.05, 0.1) is 11.5 Å². The van der Waals surface area contributed by atoms with E-state index in [0.29, 0.717) is 24.6 Å². The van der Waals surface area contributed by atoms with Crippen LogP contribution in [-0.4, -0.2) is 32.4 Å². The van der Waals surface area contributed by atoms with Gasteiger partial charge in [-0.05, 0) is 49.6 Å². The van der Waals surface area contributed by atoms with Crippen molar-refractivity contribution in [2.24, 2.45) is 5.92 Å². The first-order chi connectivity index (χ1) is 12.0. The zero-order chi connectivity index (χ0) is 17.9. The van der Waals surface area contributed by atoms with Gasteiger partial charge in [-0.25, -0.2) is 12.8 Å². The minimum atomic E-state index is -3.50. The summed E-state index contributed by atoms with van der Waals surface area (Å²) in [6.07, 6.45) is 1.64. The molecule has 1 aliphatic rings. The van der Waals surface area contributed by atoms with E-state index in [4.69, 9.17) is 4.74 Å². The van der Waals surface area contributed by atoms with E-state index in [1.165, 1.54) is 10.4 Å². The topological polar surface area (TPSA) is 46.6 Å². The molecule has 0 amide bonds. The number of piperidine rings is 1. The molecule has 1 heterocycles. The lowest BCUT2D eigenvalue weighted by molar-refractivity contribution is 0.176. The van der Waals surface area contributed by atoms with Crippen molar-refractivity contribution in [2.45, 2.75) is 24.7 Å². The van der Waals surface area contributed by atoms with E-state index in [0.717, 1.165) is 18.4 Å². The molecule has 6 heteroatoms. The Balaban J connectivity index is 1.67. The summed E-state index contributed by atoms with van der Waals surface area (Å²) in [5.41, 5.74) is 0.914. The van der Waals surface area contributed by atoms with Gasteiger partial charge in [0, 0.05) is 19.0 Å². The monoisotopic (exact) mass is 363 g/mol. The van der Waals surface area contributed by atoms with Crippen LogP contribution in [0.3, 0.4) is 0 Å². The Hall–Kier alpha value is -1.92. The molecular formula is C19H22FNO3S. The van der Waals surface area contributed by atoms with Crippen LogP contribution in [0.5, 0.6) is 5.75 Å². The molecule has 2 aromatic carbocycles. The van der Waals surface area contributed by atoms with Crippen molar-refractivity contribution in [1.82, 2.24) is 4.31 Å². The molecule has 1 atom stereocenters. The van der Waals surface area contributed by atoms with E-state index in [-0.39, 0.29) is 11.7 Å². The van der Waals surface area contributed by atoms with Crippen molar-refractivity contribution >= 4 is 10.0 Å². The first kappa shape index (κ1) is 17.9. The molecule has 2 aromatic rings. The number of aryl methyl sites for hydroxylation is 1. The highest BCUT2D eigenvalue weighted by Gasteiger charge is 2.30. The molecule has 1 saturated heterocycles. The van der Waals surface area contributed by atoms with Gasteiger partial charge in [-0.2, -0.15) is 4.31 Å². The van der Waals surface area contributed by atoms with Crippen molar-refractivity contribution < 1.29 is 17.5 Å². The second kappa shape index (κ2) is 7.54. The number of benzene rings is 2. The summed E-state index contributed by atoms with van der Waals surface area (Å²) < 4.78 is 46.4. The Morgan fingerprint density at radius 1 is 1.20 bits per heavy atom. The number of sulfonamides is 1. The highest BCUT2D eigenvalue weighted by atomic mass is 32.2.